The lowest BCUT2D eigenvalue weighted by Crippen LogP contribution is -2.39. The molecule has 138 valence electrons. The van der Waals surface area contributed by atoms with E-state index in [2.05, 4.69) is 24.0 Å². The largest absolute Gasteiger partial charge is 0.495 e. The van der Waals surface area contributed by atoms with Crippen molar-refractivity contribution in [1.29, 1.82) is 0 Å². The maximum atomic E-state index is 6.50. The number of benzene rings is 2. The van der Waals surface area contributed by atoms with Crippen molar-refractivity contribution in [2.24, 2.45) is 0 Å². The molecule has 0 aliphatic carbocycles. The number of hydrogen-bond acceptors (Lipinski definition) is 2. The van der Waals surface area contributed by atoms with Crippen molar-refractivity contribution in [1.82, 2.24) is 0 Å². The number of fused-ring (bicyclic) bond motifs is 1. The second-order valence-electron chi connectivity index (χ2n) is 6.35. The van der Waals surface area contributed by atoms with Crippen LogP contribution in [-0.2, 0) is 0 Å². The van der Waals surface area contributed by atoms with Gasteiger partial charge in [0, 0.05) is 5.70 Å². The van der Waals surface area contributed by atoms with Gasteiger partial charge in [0.25, 0.3) is 0 Å². The quantitative estimate of drug-likeness (QED) is 0.485. The molecule has 2 aromatic rings. The Labute approximate surface area is 170 Å². The van der Waals surface area contributed by atoms with Gasteiger partial charge in [-0.2, -0.15) is 0 Å². The summed E-state index contributed by atoms with van der Waals surface area (Å²) in [5, 5.41) is 0. The van der Waals surface area contributed by atoms with Gasteiger partial charge in [-0.15, -0.1) is 0 Å². The van der Waals surface area contributed by atoms with Gasteiger partial charge in [-0.3, -0.25) is 0 Å². The van der Waals surface area contributed by atoms with Gasteiger partial charge in [0.2, 0.25) is 3.79 Å². The van der Waals surface area contributed by atoms with Crippen molar-refractivity contribution < 1.29 is 4.74 Å². The van der Waals surface area contributed by atoms with E-state index in [1.165, 1.54) is 0 Å². The van der Waals surface area contributed by atoms with Crippen LogP contribution in [-0.4, -0.2) is 10.9 Å². The number of unbranched alkanes of at least 4 members (excludes halogenated alkanes) is 1. The Balaban J connectivity index is 2.22. The highest BCUT2D eigenvalue weighted by Gasteiger charge is 2.43. The third-order valence-corrected chi connectivity index (χ3v) is 5.24. The molecular weight excluding hydrogens is 389 g/mol. The molecule has 0 saturated heterocycles. The summed E-state index contributed by atoms with van der Waals surface area (Å²) in [4.78, 5) is 2.13. The number of para-hydroxylation sites is 2. The van der Waals surface area contributed by atoms with Crippen molar-refractivity contribution in [2.75, 3.05) is 12.0 Å². The zero-order chi connectivity index (χ0) is 18.7. The lowest BCUT2D eigenvalue weighted by Gasteiger charge is -2.43. The molecule has 3 rings (SSSR count). The smallest absolute Gasteiger partial charge is 0.215 e. The summed E-state index contributed by atoms with van der Waals surface area (Å²) in [6.07, 6.45) is 5.26. The fourth-order valence-electron chi connectivity index (χ4n) is 3.44. The second-order valence-corrected chi connectivity index (χ2v) is 8.72. The van der Waals surface area contributed by atoms with Crippen LogP contribution in [0.25, 0.3) is 6.08 Å². The van der Waals surface area contributed by atoms with Crippen LogP contribution in [0, 0.1) is 0 Å². The number of allylic oxidation sites excluding steroid dienone is 1. The van der Waals surface area contributed by atoms with Gasteiger partial charge in [0.05, 0.1) is 12.8 Å². The highest BCUT2D eigenvalue weighted by atomic mass is 35.6. The monoisotopic (exact) mass is 409 g/mol. The summed E-state index contributed by atoms with van der Waals surface area (Å²) in [6, 6.07) is 15.5. The number of ether oxygens (including phenoxy) is 1. The Morgan fingerprint density at radius 1 is 1.04 bits per heavy atom. The van der Waals surface area contributed by atoms with Crippen molar-refractivity contribution in [3.8, 4) is 5.75 Å². The summed E-state index contributed by atoms with van der Waals surface area (Å²) < 4.78 is 4.10. The van der Waals surface area contributed by atoms with E-state index in [4.69, 9.17) is 39.5 Å². The second kappa shape index (κ2) is 8.12. The number of hydrogen-bond donors (Lipinski definition) is 0. The first-order valence-electron chi connectivity index (χ1n) is 8.75. The van der Waals surface area contributed by atoms with Crippen LogP contribution in [0.3, 0.4) is 0 Å². The first-order valence-corrected chi connectivity index (χ1v) is 9.89. The van der Waals surface area contributed by atoms with Gasteiger partial charge in [0.1, 0.15) is 11.8 Å². The zero-order valence-electron chi connectivity index (χ0n) is 14.9. The van der Waals surface area contributed by atoms with E-state index in [1.54, 1.807) is 7.11 Å². The van der Waals surface area contributed by atoms with E-state index >= 15 is 0 Å². The molecule has 2 aromatic carbocycles. The highest BCUT2D eigenvalue weighted by Crippen LogP contribution is 2.52. The van der Waals surface area contributed by atoms with E-state index in [-0.39, 0.29) is 0 Å². The van der Waals surface area contributed by atoms with Crippen molar-refractivity contribution >= 4 is 46.6 Å². The number of anilines is 1. The standard InChI is InChI=1S/C21H22Cl3NO/c1-3-4-10-16-14-15-9-5-6-11-17(15)20(21(22,23)24)25(16)18-12-7-8-13-19(18)26-2/h5-9,11-14,20H,3-4,10H2,1-2H3. The Kier molecular flexibility index (Phi) is 6.06. The lowest BCUT2D eigenvalue weighted by atomic mass is 9.92. The number of nitrogens with zero attached hydrogens (tertiary/aromatic N) is 1. The van der Waals surface area contributed by atoms with E-state index < -0.39 is 9.83 Å². The van der Waals surface area contributed by atoms with Crippen LogP contribution in [0.5, 0.6) is 5.75 Å². The molecule has 1 atom stereocenters. The predicted molar refractivity (Wildman–Crippen MR) is 112 cm³/mol. The Hall–Kier alpha value is -1.35. The van der Waals surface area contributed by atoms with E-state index in [0.717, 1.165) is 47.5 Å². The lowest BCUT2D eigenvalue weighted by molar-refractivity contribution is 0.413. The summed E-state index contributed by atoms with van der Waals surface area (Å²) in [6.45, 7) is 2.18. The van der Waals surface area contributed by atoms with Gasteiger partial charge in [-0.1, -0.05) is 84.5 Å². The van der Waals surface area contributed by atoms with Crippen LogP contribution in [0.4, 0.5) is 5.69 Å². The van der Waals surface area contributed by atoms with Crippen LogP contribution in [0.1, 0.15) is 43.4 Å². The molecule has 0 saturated carbocycles. The first kappa shape index (κ1) is 19.4. The average molecular weight is 411 g/mol. The molecule has 0 aromatic heterocycles. The topological polar surface area (TPSA) is 12.5 Å². The number of alkyl halides is 3. The molecule has 0 amide bonds. The van der Waals surface area contributed by atoms with E-state index in [1.807, 2.05) is 42.5 Å². The summed E-state index contributed by atoms with van der Waals surface area (Å²) in [7, 11) is 1.66. The fraction of sp³-hybridized carbons (Fsp3) is 0.333. The van der Waals surface area contributed by atoms with Gasteiger partial charge in [0.15, 0.2) is 0 Å². The van der Waals surface area contributed by atoms with Gasteiger partial charge < -0.3 is 9.64 Å². The van der Waals surface area contributed by atoms with Crippen LogP contribution in [0.15, 0.2) is 54.2 Å². The van der Waals surface area contributed by atoms with Crippen LogP contribution >= 0.6 is 34.8 Å². The van der Waals surface area contributed by atoms with Crippen molar-refractivity contribution in [3.63, 3.8) is 0 Å². The van der Waals surface area contributed by atoms with E-state index in [9.17, 15) is 0 Å². The third kappa shape index (κ3) is 3.83. The maximum Gasteiger partial charge on any atom is 0.215 e. The van der Waals surface area contributed by atoms with Crippen molar-refractivity contribution in [2.45, 2.75) is 36.0 Å². The normalized spacial score (nSPS) is 16.9. The summed E-state index contributed by atoms with van der Waals surface area (Å²) in [5.41, 5.74) is 4.13. The molecule has 1 aliphatic heterocycles. The van der Waals surface area contributed by atoms with Crippen LogP contribution < -0.4 is 9.64 Å². The average Bonchev–Trinajstić information content (AvgIpc) is 2.64. The highest BCUT2D eigenvalue weighted by molar-refractivity contribution is 6.68. The molecule has 1 heterocycles. The third-order valence-electron chi connectivity index (χ3n) is 4.62. The molecule has 0 spiro atoms. The maximum absolute atomic E-state index is 6.50. The summed E-state index contributed by atoms with van der Waals surface area (Å²) in [5.74, 6) is 0.758. The number of rotatable bonds is 5. The minimum absolute atomic E-state index is 0.433. The fourth-order valence-corrected chi connectivity index (χ4v) is 4.09. The SMILES string of the molecule is CCCCC1=Cc2ccccc2C(C(Cl)(Cl)Cl)N1c1ccccc1OC. The molecule has 5 heteroatoms. The minimum atomic E-state index is -1.50. The predicted octanol–water partition coefficient (Wildman–Crippen LogP) is 7.16. The Morgan fingerprint density at radius 2 is 1.73 bits per heavy atom. The Bertz CT molecular complexity index is 798. The minimum Gasteiger partial charge on any atom is -0.495 e. The molecule has 0 N–H and O–H groups in total. The Morgan fingerprint density at radius 3 is 2.42 bits per heavy atom. The van der Waals surface area contributed by atoms with E-state index in [0.29, 0.717) is 0 Å². The molecule has 26 heavy (non-hydrogen) atoms. The van der Waals surface area contributed by atoms with Crippen LogP contribution in [0.2, 0.25) is 0 Å². The molecule has 2 nitrogen and oxygen atoms in total. The number of methoxy groups -OCH3 is 1. The van der Waals surface area contributed by atoms with Gasteiger partial charge in [-0.05, 0) is 42.2 Å². The number of halogens is 3. The molecule has 0 bridgehead atoms. The van der Waals surface area contributed by atoms with Gasteiger partial charge >= 0.3 is 0 Å². The zero-order valence-corrected chi connectivity index (χ0v) is 17.2. The van der Waals surface area contributed by atoms with Crippen molar-refractivity contribution in [3.05, 3.63) is 65.4 Å². The molecular formula is C21H22Cl3NO. The molecule has 0 fully saturated rings. The molecule has 1 aliphatic rings. The van der Waals surface area contributed by atoms with Gasteiger partial charge in [-0.25, -0.2) is 0 Å². The first-order chi connectivity index (χ1) is 12.5. The summed E-state index contributed by atoms with van der Waals surface area (Å²) >= 11 is 19.5. The molecule has 0 radical (unpaired) electrons. The molecule has 1 unspecified atom stereocenters.